The number of carbonyl (C=O) groups is 1. The zero-order valence-corrected chi connectivity index (χ0v) is 7.80. The van der Waals surface area contributed by atoms with Crippen LogP contribution in [-0.2, 0) is 9.73 Å². The number of nitrogens with one attached hydrogen (secondary N) is 2. The molecule has 0 radical (unpaired) electrons. The van der Waals surface area contributed by atoms with Gasteiger partial charge < -0.3 is 5.32 Å². The number of amides is 1. The first-order valence-electron chi connectivity index (χ1n) is 4.28. The zero-order valence-electron chi connectivity index (χ0n) is 7.80. The van der Waals surface area contributed by atoms with E-state index in [1.54, 1.807) is 12.0 Å². The van der Waals surface area contributed by atoms with Gasteiger partial charge in [-0.1, -0.05) is 6.58 Å². The van der Waals surface area contributed by atoms with Gasteiger partial charge in [0.2, 0.25) is 5.91 Å². The van der Waals surface area contributed by atoms with Crippen molar-refractivity contribution in [2.75, 3.05) is 26.2 Å². The minimum absolute atomic E-state index is 0.104. The molecule has 2 N–H and O–H groups in total. The molecule has 1 amide bonds. The molecule has 0 aromatic rings. The van der Waals surface area contributed by atoms with Crippen LogP contribution in [0.15, 0.2) is 12.2 Å². The molecule has 74 valence electrons. The van der Waals surface area contributed by atoms with Crippen LogP contribution in [0.1, 0.15) is 6.92 Å². The molecule has 1 fully saturated rings. The van der Waals surface area contributed by atoms with Crippen molar-refractivity contribution in [1.82, 2.24) is 15.9 Å². The van der Waals surface area contributed by atoms with Crippen molar-refractivity contribution in [3.63, 3.8) is 0 Å². The van der Waals surface area contributed by atoms with E-state index in [-0.39, 0.29) is 5.91 Å². The maximum atomic E-state index is 11.0. The Labute approximate surface area is 77.6 Å². The van der Waals surface area contributed by atoms with Gasteiger partial charge in [-0.2, -0.15) is 10.5 Å². The van der Waals surface area contributed by atoms with Gasteiger partial charge in [-0.15, -0.1) is 0 Å². The van der Waals surface area contributed by atoms with E-state index in [0.717, 1.165) is 13.1 Å². The summed E-state index contributed by atoms with van der Waals surface area (Å²) in [6.45, 7) is 8.16. The number of hydroxylamine groups is 3. The fraction of sp³-hybridized carbons (Fsp3) is 0.625. The van der Waals surface area contributed by atoms with Crippen molar-refractivity contribution >= 4 is 5.91 Å². The first kappa shape index (κ1) is 10.2. The van der Waals surface area contributed by atoms with Crippen LogP contribution >= 0.6 is 0 Å². The van der Waals surface area contributed by atoms with Gasteiger partial charge in [-0.3, -0.25) is 4.79 Å². The minimum atomic E-state index is -0.104. The first-order valence-corrected chi connectivity index (χ1v) is 4.28. The zero-order chi connectivity index (χ0) is 9.68. The molecule has 0 aromatic heterocycles. The van der Waals surface area contributed by atoms with E-state index < -0.39 is 0 Å². The van der Waals surface area contributed by atoms with Crippen molar-refractivity contribution in [2.24, 2.45) is 0 Å². The van der Waals surface area contributed by atoms with E-state index in [1.165, 1.54) is 0 Å². The van der Waals surface area contributed by atoms with Crippen LogP contribution in [0.25, 0.3) is 0 Å². The lowest BCUT2D eigenvalue weighted by molar-refractivity contribution is -0.156. The van der Waals surface area contributed by atoms with E-state index in [1.807, 2.05) is 0 Å². The summed E-state index contributed by atoms with van der Waals surface area (Å²) in [6, 6.07) is 0. The van der Waals surface area contributed by atoms with Gasteiger partial charge in [0.15, 0.2) is 0 Å². The highest BCUT2D eigenvalue weighted by Gasteiger charge is 2.11. The maximum Gasteiger partial charge on any atom is 0.246 e. The van der Waals surface area contributed by atoms with Crippen LogP contribution in [0.4, 0.5) is 0 Å². The average Bonchev–Trinajstić information content (AvgIpc) is 2.56. The van der Waals surface area contributed by atoms with Gasteiger partial charge in [0, 0.05) is 31.8 Å². The van der Waals surface area contributed by atoms with Crippen LogP contribution < -0.4 is 10.8 Å². The number of hydrogen-bond donors (Lipinski definition) is 2. The highest BCUT2D eigenvalue weighted by molar-refractivity contribution is 5.92. The Bertz CT molecular complexity index is 200. The third-order valence-electron chi connectivity index (χ3n) is 1.69. The monoisotopic (exact) mass is 185 g/mol. The molecule has 13 heavy (non-hydrogen) atoms. The molecule has 0 aromatic carbocycles. The molecule has 5 heteroatoms. The van der Waals surface area contributed by atoms with E-state index in [2.05, 4.69) is 17.4 Å². The number of carbonyl (C=O) groups excluding carboxylic acids is 1. The molecule has 0 unspecified atom stereocenters. The van der Waals surface area contributed by atoms with Crippen molar-refractivity contribution < 1.29 is 9.73 Å². The smallest absolute Gasteiger partial charge is 0.246 e. The van der Waals surface area contributed by atoms with Gasteiger partial charge in [0.1, 0.15) is 0 Å². The minimum Gasteiger partial charge on any atom is -0.351 e. The fourth-order valence-electron chi connectivity index (χ4n) is 0.955. The summed E-state index contributed by atoms with van der Waals surface area (Å²) in [7, 11) is 0. The molecular weight excluding hydrogens is 170 g/mol. The van der Waals surface area contributed by atoms with Crippen molar-refractivity contribution in [1.29, 1.82) is 0 Å². The maximum absolute atomic E-state index is 11.0. The molecule has 0 bridgehead atoms. The quantitative estimate of drug-likeness (QED) is 0.576. The molecule has 1 heterocycles. The van der Waals surface area contributed by atoms with Crippen LogP contribution in [-0.4, -0.2) is 37.1 Å². The van der Waals surface area contributed by atoms with Crippen molar-refractivity contribution in [3.05, 3.63) is 12.2 Å². The average molecular weight is 185 g/mol. The van der Waals surface area contributed by atoms with Crippen molar-refractivity contribution in [2.45, 2.75) is 6.92 Å². The largest absolute Gasteiger partial charge is 0.351 e. The Balaban J connectivity index is 2.06. The van der Waals surface area contributed by atoms with Crippen LogP contribution in [0.5, 0.6) is 0 Å². The van der Waals surface area contributed by atoms with Gasteiger partial charge >= 0.3 is 0 Å². The molecule has 1 aliphatic heterocycles. The van der Waals surface area contributed by atoms with Gasteiger partial charge in [-0.05, 0) is 6.92 Å². The second kappa shape index (κ2) is 4.96. The summed E-state index contributed by atoms with van der Waals surface area (Å²) in [5.41, 5.74) is 3.26. The first-order chi connectivity index (χ1) is 6.20. The number of hydrogen-bond acceptors (Lipinski definition) is 4. The Hall–Kier alpha value is -0.910. The van der Waals surface area contributed by atoms with E-state index in [0.29, 0.717) is 18.7 Å². The predicted octanol–water partition coefficient (Wildman–Crippen LogP) is -0.569. The van der Waals surface area contributed by atoms with E-state index >= 15 is 0 Å². The topological polar surface area (TPSA) is 53.6 Å². The van der Waals surface area contributed by atoms with Gasteiger partial charge in [0.25, 0.3) is 0 Å². The predicted molar refractivity (Wildman–Crippen MR) is 48.5 cm³/mol. The second-order valence-corrected chi connectivity index (χ2v) is 2.95. The Morgan fingerprint density at radius 1 is 1.77 bits per heavy atom. The van der Waals surface area contributed by atoms with Crippen molar-refractivity contribution in [3.8, 4) is 0 Å². The summed E-state index contributed by atoms with van der Waals surface area (Å²) in [5.74, 6) is -0.104. The molecule has 1 rings (SSSR count). The summed E-state index contributed by atoms with van der Waals surface area (Å²) in [5, 5.41) is 4.48. The van der Waals surface area contributed by atoms with Gasteiger partial charge in [-0.25, -0.2) is 4.94 Å². The molecule has 0 atom stereocenters. The number of rotatable bonds is 4. The Kier molecular flexibility index (Phi) is 3.88. The molecule has 0 spiro atoms. The Morgan fingerprint density at radius 2 is 2.54 bits per heavy atom. The lowest BCUT2D eigenvalue weighted by Crippen LogP contribution is -2.33. The van der Waals surface area contributed by atoms with E-state index in [9.17, 15) is 4.79 Å². The van der Waals surface area contributed by atoms with Crippen LogP contribution in [0.2, 0.25) is 0 Å². The van der Waals surface area contributed by atoms with Crippen LogP contribution in [0.3, 0.4) is 0 Å². The second-order valence-electron chi connectivity index (χ2n) is 2.95. The van der Waals surface area contributed by atoms with E-state index in [4.69, 9.17) is 4.94 Å². The van der Waals surface area contributed by atoms with Gasteiger partial charge in [0.05, 0.1) is 0 Å². The SMILES string of the molecule is C=C(C)C(=O)NCCN1CCNO1. The lowest BCUT2D eigenvalue weighted by Gasteiger charge is -2.12. The normalized spacial score (nSPS) is 17.3. The summed E-state index contributed by atoms with van der Waals surface area (Å²) in [4.78, 5) is 16.0. The Morgan fingerprint density at radius 3 is 3.08 bits per heavy atom. The van der Waals surface area contributed by atoms with Crippen LogP contribution in [0, 0.1) is 0 Å². The molecule has 1 aliphatic rings. The molecule has 0 saturated carbocycles. The molecule has 1 saturated heterocycles. The molecule has 5 nitrogen and oxygen atoms in total. The standard InChI is InChI=1S/C8H15N3O2/c1-7(2)8(12)9-3-5-11-6-4-10-13-11/h10H,1,3-6H2,2H3,(H,9,12). The summed E-state index contributed by atoms with van der Waals surface area (Å²) < 4.78 is 0. The third kappa shape index (κ3) is 3.54. The third-order valence-corrected chi connectivity index (χ3v) is 1.69. The highest BCUT2D eigenvalue weighted by atomic mass is 16.8. The molecular formula is C8H15N3O2. The highest BCUT2D eigenvalue weighted by Crippen LogP contribution is 1.92. The fourth-order valence-corrected chi connectivity index (χ4v) is 0.955. The summed E-state index contributed by atoms with van der Waals surface area (Å²) >= 11 is 0. The summed E-state index contributed by atoms with van der Waals surface area (Å²) in [6.07, 6.45) is 0. The number of nitrogens with zero attached hydrogens (tertiary/aromatic N) is 1. The molecule has 0 aliphatic carbocycles. The lowest BCUT2D eigenvalue weighted by atomic mass is 10.3.